The number of hydrogen-bond donors (Lipinski definition) is 0. The van der Waals surface area contributed by atoms with Gasteiger partial charge in [0, 0.05) is 18.6 Å². The lowest BCUT2D eigenvalue weighted by atomic mass is 10.1. The molecular weight excluding hydrogens is 184 g/mol. The molecule has 1 aromatic heterocycles. The molecule has 1 rings (SSSR count). The van der Waals surface area contributed by atoms with E-state index in [1.54, 1.807) is 0 Å². The predicted molar refractivity (Wildman–Crippen MR) is 56.1 cm³/mol. The Labute approximate surface area is 84.9 Å². The van der Waals surface area contributed by atoms with Crippen molar-refractivity contribution in [2.24, 2.45) is 5.92 Å². The Morgan fingerprint density at radius 1 is 1.62 bits per heavy atom. The Balaban J connectivity index is 2.36. The first-order valence-electron chi connectivity index (χ1n) is 4.83. The third-order valence-corrected chi connectivity index (χ3v) is 2.73. The van der Waals surface area contributed by atoms with E-state index in [4.69, 9.17) is 11.6 Å². The number of nitrogens with zero attached hydrogens (tertiary/aromatic N) is 2. The minimum atomic E-state index is 0.603. The van der Waals surface area contributed by atoms with Crippen molar-refractivity contribution in [2.45, 2.75) is 33.2 Å². The van der Waals surface area contributed by atoms with Crippen molar-refractivity contribution in [3.05, 3.63) is 18.0 Å². The summed E-state index contributed by atoms with van der Waals surface area (Å²) in [7, 11) is 0. The van der Waals surface area contributed by atoms with Gasteiger partial charge in [-0.1, -0.05) is 6.92 Å². The van der Waals surface area contributed by atoms with Gasteiger partial charge >= 0.3 is 0 Å². The first-order valence-corrected chi connectivity index (χ1v) is 5.37. The Morgan fingerprint density at radius 3 is 2.92 bits per heavy atom. The molecule has 0 radical (unpaired) electrons. The van der Waals surface area contributed by atoms with Crippen molar-refractivity contribution in [1.29, 1.82) is 0 Å². The van der Waals surface area contributed by atoms with Crippen LogP contribution in [-0.4, -0.2) is 15.7 Å². The summed E-state index contributed by atoms with van der Waals surface area (Å²) in [6.45, 7) is 5.22. The van der Waals surface area contributed by atoms with Gasteiger partial charge in [0.15, 0.2) is 0 Å². The van der Waals surface area contributed by atoms with Crippen LogP contribution in [-0.2, 0) is 13.0 Å². The average Bonchev–Trinajstić information content (AvgIpc) is 2.61. The summed E-state index contributed by atoms with van der Waals surface area (Å²) in [5.74, 6) is 1.36. The summed E-state index contributed by atoms with van der Waals surface area (Å²) in [5.41, 5.74) is 1.32. The number of rotatable bonds is 5. The number of aromatic nitrogens is 2. The zero-order valence-electron chi connectivity index (χ0n) is 8.33. The Hall–Kier alpha value is -0.500. The quantitative estimate of drug-likeness (QED) is 0.669. The molecule has 0 aliphatic rings. The molecule has 1 aromatic rings. The smallest absolute Gasteiger partial charge is 0.0521 e. The van der Waals surface area contributed by atoms with E-state index >= 15 is 0 Å². The SMILES string of the molecule is CCn1cc(CCC(C)CCl)cn1. The van der Waals surface area contributed by atoms with E-state index in [0.717, 1.165) is 25.3 Å². The fraction of sp³-hybridized carbons (Fsp3) is 0.700. The van der Waals surface area contributed by atoms with E-state index in [1.165, 1.54) is 5.56 Å². The molecule has 1 atom stereocenters. The summed E-state index contributed by atoms with van der Waals surface area (Å²) in [5, 5.41) is 4.22. The van der Waals surface area contributed by atoms with Gasteiger partial charge in [-0.3, -0.25) is 4.68 Å². The van der Waals surface area contributed by atoms with Crippen LogP contribution in [0.4, 0.5) is 0 Å². The van der Waals surface area contributed by atoms with Crippen LogP contribution in [0, 0.1) is 5.92 Å². The normalized spacial score (nSPS) is 13.2. The van der Waals surface area contributed by atoms with E-state index in [1.807, 2.05) is 10.9 Å². The predicted octanol–water partition coefficient (Wildman–Crippen LogP) is 2.71. The van der Waals surface area contributed by atoms with Gasteiger partial charge in [0.1, 0.15) is 0 Å². The van der Waals surface area contributed by atoms with Crippen LogP contribution in [0.3, 0.4) is 0 Å². The van der Waals surface area contributed by atoms with E-state index in [2.05, 4.69) is 25.1 Å². The van der Waals surface area contributed by atoms with Crippen molar-refractivity contribution >= 4 is 11.6 Å². The third kappa shape index (κ3) is 3.39. The van der Waals surface area contributed by atoms with Crippen LogP contribution in [0.2, 0.25) is 0 Å². The molecule has 0 saturated carbocycles. The van der Waals surface area contributed by atoms with Crippen LogP contribution in [0.5, 0.6) is 0 Å². The van der Waals surface area contributed by atoms with Gasteiger partial charge in [-0.2, -0.15) is 5.10 Å². The number of aryl methyl sites for hydroxylation is 2. The van der Waals surface area contributed by atoms with E-state index < -0.39 is 0 Å². The molecule has 0 saturated heterocycles. The number of hydrogen-bond acceptors (Lipinski definition) is 1. The Morgan fingerprint density at radius 2 is 2.38 bits per heavy atom. The van der Waals surface area contributed by atoms with Gasteiger partial charge in [-0.25, -0.2) is 0 Å². The van der Waals surface area contributed by atoms with Crippen LogP contribution in [0.15, 0.2) is 12.4 Å². The van der Waals surface area contributed by atoms with Crippen LogP contribution < -0.4 is 0 Å². The van der Waals surface area contributed by atoms with Crippen LogP contribution in [0.25, 0.3) is 0 Å². The second kappa shape index (κ2) is 5.28. The highest BCUT2D eigenvalue weighted by Gasteiger charge is 2.02. The second-order valence-corrected chi connectivity index (χ2v) is 3.81. The fourth-order valence-electron chi connectivity index (χ4n) is 1.20. The fourth-order valence-corrected chi connectivity index (χ4v) is 1.35. The second-order valence-electron chi connectivity index (χ2n) is 3.50. The lowest BCUT2D eigenvalue weighted by Gasteiger charge is -2.04. The van der Waals surface area contributed by atoms with Crippen LogP contribution in [0.1, 0.15) is 25.8 Å². The van der Waals surface area contributed by atoms with Gasteiger partial charge < -0.3 is 0 Å². The van der Waals surface area contributed by atoms with Crippen molar-refractivity contribution in [1.82, 2.24) is 9.78 Å². The molecule has 1 heterocycles. The van der Waals surface area contributed by atoms with Crippen molar-refractivity contribution in [3.8, 4) is 0 Å². The molecule has 0 aliphatic carbocycles. The molecule has 0 aliphatic heterocycles. The first-order chi connectivity index (χ1) is 6.26. The van der Waals surface area contributed by atoms with Crippen molar-refractivity contribution < 1.29 is 0 Å². The minimum absolute atomic E-state index is 0.603. The van der Waals surface area contributed by atoms with E-state index in [0.29, 0.717) is 5.92 Å². The molecule has 0 amide bonds. The van der Waals surface area contributed by atoms with Gasteiger partial charge in [0.05, 0.1) is 6.20 Å². The highest BCUT2D eigenvalue weighted by molar-refractivity contribution is 6.18. The zero-order chi connectivity index (χ0) is 9.68. The summed E-state index contributed by atoms with van der Waals surface area (Å²) < 4.78 is 1.96. The standard InChI is InChI=1S/C10H17ClN2/c1-3-13-8-10(7-12-13)5-4-9(2)6-11/h7-9H,3-6H2,1-2H3. The summed E-state index contributed by atoms with van der Waals surface area (Å²) >= 11 is 5.73. The largest absolute Gasteiger partial charge is 0.273 e. The Kier molecular flexibility index (Phi) is 4.29. The van der Waals surface area contributed by atoms with Crippen LogP contribution >= 0.6 is 11.6 Å². The van der Waals surface area contributed by atoms with Crippen molar-refractivity contribution in [3.63, 3.8) is 0 Å². The maximum absolute atomic E-state index is 5.73. The summed E-state index contributed by atoms with van der Waals surface area (Å²) in [6.07, 6.45) is 6.30. The van der Waals surface area contributed by atoms with E-state index in [9.17, 15) is 0 Å². The van der Waals surface area contributed by atoms with Crippen molar-refractivity contribution in [2.75, 3.05) is 5.88 Å². The highest BCUT2D eigenvalue weighted by atomic mass is 35.5. The molecule has 0 N–H and O–H groups in total. The summed E-state index contributed by atoms with van der Waals surface area (Å²) in [4.78, 5) is 0. The van der Waals surface area contributed by atoms with Gasteiger partial charge in [0.2, 0.25) is 0 Å². The first kappa shape index (κ1) is 10.6. The molecular formula is C10H17ClN2. The Bertz CT molecular complexity index is 245. The average molecular weight is 201 g/mol. The molecule has 0 aromatic carbocycles. The third-order valence-electron chi connectivity index (χ3n) is 2.20. The topological polar surface area (TPSA) is 17.8 Å². The molecule has 13 heavy (non-hydrogen) atoms. The maximum Gasteiger partial charge on any atom is 0.0521 e. The maximum atomic E-state index is 5.73. The molecule has 1 unspecified atom stereocenters. The monoisotopic (exact) mass is 200 g/mol. The lowest BCUT2D eigenvalue weighted by Crippen LogP contribution is -1.98. The summed E-state index contributed by atoms with van der Waals surface area (Å²) in [6, 6.07) is 0. The van der Waals surface area contributed by atoms with E-state index in [-0.39, 0.29) is 0 Å². The van der Waals surface area contributed by atoms with Gasteiger partial charge in [-0.15, -0.1) is 11.6 Å². The number of halogens is 1. The van der Waals surface area contributed by atoms with Gasteiger partial charge in [-0.05, 0) is 31.2 Å². The zero-order valence-corrected chi connectivity index (χ0v) is 9.09. The lowest BCUT2D eigenvalue weighted by molar-refractivity contribution is 0.592. The molecule has 74 valence electrons. The minimum Gasteiger partial charge on any atom is -0.273 e. The number of alkyl halides is 1. The van der Waals surface area contributed by atoms with Gasteiger partial charge in [0.25, 0.3) is 0 Å². The molecule has 2 nitrogen and oxygen atoms in total. The molecule has 3 heteroatoms. The highest BCUT2D eigenvalue weighted by Crippen LogP contribution is 2.10. The molecule has 0 bridgehead atoms. The molecule has 0 fully saturated rings. The molecule has 0 spiro atoms.